The molecule has 2 rings (SSSR count). The van der Waals surface area contributed by atoms with Gasteiger partial charge in [0.2, 0.25) is 11.8 Å². The van der Waals surface area contributed by atoms with Crippen molar-refractivity contribution in [3.05, 3.63) is 64.7 Å². The number of hydrogen-bond acceptors (Lipinski definition) is 2. The zero-order chi connectivity index (χ0) is 18.4. The molecule has 1 N–H and O–H groups in total. The van der Waals surface area contributed by atoms with Gasteiger partial charge in [-0.3, -0.25) is 9.59 Å². The SMILES string of the molecule is CC(=O)N(CCC(=O)Nc1c(C)cccc1C)Cc1cccc(C)c1. The molecule has 2 aromatic carbocycles. The first kappa shape index (κ1) is 18.7. The molecule has 0 aliphatic rings. The van der Waals surface area contributed by atoms with Crippen molar-refractivity contribution in [1.82, 2.24) is 4.90 Å². The second-order valence-corrected chi connectivity index (χ2v) is 6.49. The molecule has 2 aromatic rings. The number of benzene rings is 2. The van der Waals surface area contributed by atoms with E-state index in [0.29, 0.717) is 13.1 Å². The molecule has 0 bridgehead atoms. The van der Waals surface area contributed by atoms with E-state index in [1.165, 1.54) is 0 Å². The zero-order valence-electron chi connectivity index (χ0n) is 15.4. The van der Waals surface area contributed by atoms with Crippen LogP contribution in [0.1, 0.15) is 35.6 Å². The summed E-state index contributed by atoms with van der Waals surface area (Å²) in [6.45, 7) is 8.44. The number of nitrogens with one attached hydrogen (secondary N) is 1. The lowest BCUT2D eigenvalue weighted by atomic mass is 10.1. The Hall–Kier alpha value is -2.62. The minimum atomic E-state index is -0.0760. The molecule has 0 aliphatic carbocycles. The monoisotopic (exact) mass is 338 g/mol. The van der Waals surface area contributed by atoms with Gasteiger partial charge >= 0.3 is 0 Å². The number of carbonyl (C=O) groups excluding carboxylic acids is 2. The van der Waals surface area contributed by atoms with Crippen molar-refractivity contribution in [2.45, 2.75) is 40.7 Å². The van der Waals surface area contributed by atoms with Gasteiger partial charge in [-0.25, -0.2) is 0 Å². The molecule has 4 heteroatoms. The molecule has 0 unspecified atom stereocenters. The van der Waals surface area contributed by atoms with Crippen molar-refractivity contribution in [3.8, 4) is 0 Å². The average Bonchev–Trinajstić information content (AvgIpc) is 2.55. The van der Waals surface area contributed by atoms with Crippen LogP contribution >= 0.6 is 0 Å². The van der Waals surface area contributed by atoms with Crippen molar-refractivity contribution < 1.29 is 9.59 Å². The quantitative estimate of drug-likeness (QED) is 0.866. The largest absolute Gasteiger partial charge is 0.338 e. The van der Waals surface area contributed by atoms with Crippen LogP contribution in [0.25, 0.3) is 0 Å². The number of amides is 2. The van der Waals surface area contributed by atoms with E-state index in [-0.39, 0.29) is 18.2 Å². The Labute approximate surface area is 149 Å². The summed E-state index contributed by atoms with van der Waals surface area (Å²) in [5.41, 5.74) is 5.17. The van der Waals surface area contributed by atoms with Gasteiger partial charge in [-0.05, 0) is 37.5 Å². The molecule has 2 amide bonds. The maximum Gasteiger partial charge on any atom is 0.226 e. The average molecular weight is 338 g/mol. The predicted octanol–water partition coefficient (Wildman–Crippen LogP) is 3.99. The minimum absolute atomic E-state index is 0.0265. The van der Waals surface area contributed by atoms with E-state index in [9.17, 15) is 9.59 Å². The van der Waals surface area contributed by atoms with Crippen LogP contribution in [0.15, 0.2) is 42.5 Å². The molecule has 4 nitrogen and oxygen atoms in total. The van der Waals surface area contributed by atoms with Crippen LogP contribution in [0.2, 0.25) is 0 Å². The van der Waals surface area contributed by atoms with Crippen LogP contribution in [0.3, 0.4) is 0 Å². The van der Waals surface area contributed by atoms with Crippen LogP contribution in [0, 0.1) is 20.8 Å². The fraction of sp³-hybridized carbons (Fsp3) is 0.333. The highest BCUT2D eigenvalue weighted by Crippen LogP contribution is 2.19. The fourth-order valence-corrected chi connectivity index (χ4v) is 2.83. The lowest BCUT2D eigenvalue weighted by Gasteiger charge is -2.21. The van der Waals surface area contributed by atoms with E-state index < -0.39 is 0 Å². The summed E-state index contributed by atoms with van der Waals surface area (Å²) in [5.74, 6) is -0.103. The van der Waals surface area contributed by atoms with Gasteiger partial charge in [-0.2, -0.15) is 0 Å². The summed E-state index contributed by atoms with van der Waals surface area (Å²) in [6.07, 6.45) is 0.277. The Morgan fingerprint density at radius 3 is 2.24 bits per heavy atom. The van der Waals surface area contributed by atoms with Gasteiger partial charge in [0.1, 0.15) is 0 Å². The summed E-state index contributed by atoms with van der Waals surface area (Å²) in [7, 11) is 0. The number of rotatable bonds is 6. The highest BCUT2D eigenvalue weighted by Gasteiger charge is 2.13. The molecule has 0 saturated carbocycles. The lowest BCUT2D eigenvalue weighted by Crippen LogP contribution is -2.31. The molecule has 0 fully saturated rings. The molecule has 0 aromatic heterocycles. The Morgan fingerprint density at radius 2 is 1.64 bits per heavy atom. The van der Waals surface area contributed by atoms with Gasteiger partial charge in [0.25, 0.3) is 0 Å². The summed E-state index contributed by atoms with van der Waals surface area (Å²) in [5, 5.41) is 2.97. The Balaban J connectivity index is 1.96. The van der Waals surface area contributed by atoms with Gasteiger partial charge < -0.3 is 10.2 Å². The van der Waals surface area contributed by atoms with Gasteiger partial charge in [0, 0.05) is 32.1 Å². The summed E-state index contributed by atoms with van der Waals surface area (Å²) in [6, 6.07) is 14.0. The van der Waals surface area contributed by atoms with Crippen molar-refractivity contribution >= 4 is 17.5 Å². The molecule has 0 atom stereocenters. The molecule has 0 radical (unpaired) electrons. The van der Waals surface area contributed by atoms with Crippen LogP contribution in [-0.4, -0.2) is 23.3 Å². The van der Waals surface area contributed by atoms with Gasteiger partial charge in [0.15, 0.2) is 0 Å². The van der Waals surface area contributed by atoms with Crippen molar-refractivity contribution in [2.24, 2.45) is 0 Å². The lowest BCUT2D eigenvalue weighted by molar-refractivity contribution is -0.129. The second-order valence-electron chi connectivity index (χ2n) is 6.49. The Morgan fingerprint density at radius 1 is 1.00 bits per heavy atom. The number of aryl methyl sites for hydroxylation is 3. The van der Waals surface area contributed by atoms with Crippen molar-refractivity contribution in [3.63, 3.8) is 0 Å². The number of carbonyl (C=O) groups is 2. The maximum absolute atomic E-state index is 12.3. The summed E-state index contributed by atoms with van der Waals surface area (Å²) in [4.78, 5) is 25.9. The van der Waals surface area contributed by atoms with E-state index in [0.717, 1.165) is 27.9 Å². The van der Waals surface area contributed by atoms with Gasteiger partial charge in [-0.1, -0.05) is 48.0 Å². The van der Waals surface area contributed by atoms with E-state index in [4.69, 9.17) is 0 Å². The number of para-hydroxylation sites is 1. The normalized spacial score (nSPS) is 10.4. The summed E-state index contributed by atoms with van der Waals surface area (Å²) < 4.78 is 0. The van der Waals surface area contributed by atoms with E-state index in [1.807, 2.05) is 57.2 Å². The first-order valence-corrected chi connectivity index (χ1v) is 8.54. The maximum atomic E-state index is 12.3. The molecule has 132 valence electrons. The smallest absolute Gasteiger partial charge is 0.226 e. The van der Waals surface area contributed by atoms with E-state index in [1.54, 1.807) is 11.8 Å². The zero-order valence-corrected chi connectivity index (χ0v) is 15.4. The molecule has 0 saturated heterocycles. The molecule has 25 heavy (non-hydrogen) atoms. The third-order valence-corrected chi connectivity index (χ3v) is 4.26. The third-order valence-electron chi connectivity index (χ3n) is 4.26. The van der Waals surface area contributed by atoms with Crippen LogP contribution in [0.4, 0.5) is 5.69 Å². The Kier molecular flexibility index (Phi) is 6.34. The molecule has 0 aliphatic heterocycles. The van der Waals surface area contributed by atoms with Gasteiger partial charge in [0.05, 0.1) is 0 Å². The van der Waals surface area contributed by atoms with E-state index >= 15 is 0 Å². The molecular weight excluding hydrogens is 312 g/mol. The predicted molar refractivity (Wildman–Crippen MR) is 101 cm³/mol. The van der Waals surface area contributed by atoms with Gasteiger partial charge in [-0.15, -0.1) is 0 Å². The number of anilines is 1. The minimum Gasteiger partial charge on any atom is -0.338 e. The molecule has 0 spiro atoms. The first-order chi connectivity index (χ1) is 11.9. The van der Waals surface area contributed by atoms with Crippen LogP contribution in [-0.2, 0) is 16.1 Å². The van der Waals surface area contributed by atoms with Crippen LogP contribution in [0.5, 0.6) is 0 Å². The van der Waals surface area contributed by atoms with Crippen molar-refractivity contribution in [2.75, 3.05) is 11.9 Å². The van der Waals surface area contributed by atoms with Crippen molar-refractivity contribution in [1.29, 1.82) is 0 Å². The highest BCUT2D eigenvalue weighted by atomic mass is 16.2. The molecular formula is C21H26N2O2. The number of nitrogens with zero attached hydrogens (tertiary/aromatic N) is 1. The topological polar surface area (TPSA) is 49.4 Å². The third kappa shape index (κ3) is 5.45. The summed E-state index contributed by atoms with van der Waals surface area (Å²) >= 11 is 0. The van der Waals surface area contributed by atoms with Crippen LogP contribution < -0.4 is 5.32 Å². The Bertz CT molecular complexity index is 748. The standard InChI is InChI=1S/C21H26N2O2/c1-15-7-5-10-19(13-15)14-23(18(4)24)12-11-20(25)22-21-16(2)8-6-9-17(21)3/h5-10,13H,11-12,14H2,1-4H3,(H,22,25). The highest BCUT2D eigenvalue weighted by molar-refractivity contribution is 5.92. The van der Waals surface area contributed by atoms with E-state index in [2.05, 4.69) is 11.4 Å². The molecule has 0 heterocycles. The second kappa shape index (κ2) is 8.47. The fourth-order valence-electron chi connectivity index (χ4n) is 2.83. The first-order valence-electron chi connectivity index (χ1n) is 8.54. The number of hydrogen-bond donors (Lipinski definition) is 1.